The van der Waals surface area contributed by atoms with Crippen LogP contribution in [0.15, 0.2) is 39.9 Å². The fourth-order valence-electron chi connectivity index (χ4n) is 4.05. The summed E-state index contributed by atoms with van der Waals surface area (Å²) < 4.78 is 31.4. The Bertz CT molecular complexity index is 1180. The van der Waals surface area contributed by atoms with Crippen molar-refractivity contribution in [2.75, 3.05) is 5.32 Å². The lowest BCUT2D eigenvalue weighted by molar-refractivity contribution is -0.116. The largest absolute Gasteiger partial charge is 0.342 e. The van der Waals surface area contributed by atoms with Gasteiger partial charge in [-0.05, 0) is 50.8 Å². The van der Waals surface area contributed by atoms with Crippen molar-refractivity contribution < 1.29 is 13.2 Å². The van der Waals surface area contributed by atoms with Crippen LogP contribution in [-0.4, -0.2) is 34.8 Å². The van der Waals surface area contributed by atoms with Crippen molar-refractivity contribution in [2.24, 2.45) is 4.40 Å². The summed E-state index contributed by atoms with van der Waals surface area (Å²) in [6.45, 7) is 4.22. The van der Waals surface area contributed by atoms with Crippen molar-refractivity contribution in [2.45, 2.75) is 58.9 Å². The molecule has 9 nitrogen and oxygen atoms in total. The third kappa shape index (κ3) is 4.84. The number of amides is 1. The van der Waals surface area contributed by atoms with Gasteiger partial charge in [-0.1, -0.05) is 18.6 Å². The van der Waals surface area contributed by atoms with Gasteiger partial charge in [0.1, 0.15) is 5.82 Å². The van der Waals surface area contributed by atoms with Crippen LogP contribution in [0.4, 0.5) is 5.69 Å². The number of hydrogen-bond donors (Lipinski definition) is 2. The second-order valence-corrected chi connectivity index (χ2v) is 9.23. The molecule has 0 saturated carbocycles. The lowest BCUT2D eigenvalue weighted by atomic mass is 10.0. The van der Waals surface area contributed by atoms with E-state index in [1.807, 2.05) is 24.3 Å². The van der Waals surface area contributed by atoms with Crippen molar-refractivity contribution in [3.05, 3.63) is 41.4 Å². The number of nitrogens with one attached hydrogen (secondary N) is 2. The summed E-state index contributed by atoms with van der Waals surface area (Å²) in [4.78, 5) is 12.5. The van der Waals surface area contributed by atoms with Gasteiger partial charge in [-0.2, -0.15) is 8.42 Å². The van der Waals surface area contributed by atoms with Crippen LogP contribution in [0.25, 0.3) is 11.4 Å². The van der Waals surface area contributed by atoms with E-state index >= 15 is 0 Å². The van der Waals surface area contributed by atoms with Crippen LogP contribution in [0, 0.1) is 0 Å². The van der Waals surface area contributed by atoms with Gasteiger partial charge < -0.3 is 9.88 Å². The van der Waals surface area contributed by atoms with Gasteiger partial charge in [0.15, 0.2) is 5.82 Å². The second-order valence-electron chi connectivity index (χ2n) is 7.89. The zero-order valence-corrected chi connectivity index (χ0v) is 18.5. The molecule has 2 N–H and O–H groups in total. The van der Waals surface area contributed by atoms with E-state index < -0.39 is 10.2 Å². The molecule has 2 aromatic rings. The molecule has 0 bridgehead atoms. The van der Waals surface area contributed by atoms with Crippen LogP contribution in [0.2, 0.25) is 0 Å². The molecule has 31 heavy (non-hydrogen) atoms. The van der Waals surface area contributed by atoms with E-state index in [0.717, 1.165) is 48.6 Å². The highest BCUT2D eigenvalue weighted by Crippen LogP contribution is 2.25. The van der Waals surface area contributed by atoms with Crippen molar-refractivity contribution in [1.29, 1.82) is 0 Å². The maximum atomic E-state index is 12.5. The van der Waals surface area contributed by atoms with Crippen LogP contribution >= 0.6 is 0 Å². The van der Waals surface area contributed by atoms with E-state index in [-0.39, 0.29) is 12.3 Å². The minimum atomic E-state index is -3.67. The number of fused-ring (bicyclic) bond motifs is 1. The summed E-state index contributed by atoms with van der Waals surface area (Å²) in [5, 5.41) is 11.7. The molecule has 1 aromatic carbocycles. The van der Waals surface area contributed by atoms with Crippen molar-refractivity contribution in [3.63, 3.8) is 0 Å². The molecule has 0 atom stereocenters. The molecule has 1 amide bonds. The highest BCUT2D eigenvalue weighted by Gasteiger charge is 2.21. The van der Waals surface area contributed by atoms with Crippen LogP contribution in [0.3, 0.4) is 0 Å². The van der Waals surface area contributed by atoms with Crippen LogP contribution in [0.1, 0.15) is 51.8 Å². The Morgan fingerprint density at radius 3 is 2.84 bits per heavy atom. The molecule has 3 heterocycles. The number of carbonyl (C=O) groups excluding carboxylic acids is 1. The minimum Gasteiger partial charge on any atom is -0.326 e. The first-order valence-electron chi connectivity index (χ1n) is 10.4. The fourth-order valence-corrected chi connectivity index (χ4v) is 5.08. The monoisotopic (exact) mass is 442 g/mol. The molecule has 4 rings (SSSR count). The van der Waals surface area contributed by atoms with Gasteiger partial charge in [-0.3, -0.25) is 9.52 Å². The number of allylic oxidation sites excluding steroid dienone is 2. The molecule has 2 aliphatic heterocycles. The Morgan fingerprint density at radius 1 is 1.19 bits per heavy atom. The van der Waals surface area contributed by atoms with Crippen molar-refractivity contribution in [3.8, 4) is 11.4 Å². The third-order valence-electron chi connectivity index (χ3n) is 5.54. The number of aromatic nitrogens is 3. The van der Waals surface area contributed by atoms with E-state index in [0.29, 0.717) is 23.5 Å². The van der Waals surface area contributed by atoms with Gasteiger partial charge in [0.05, 0.1) is 5.71 Å². The SMILES string of the molecule is CC1=NS(=O)(=O)NC(C)=C1CCC(=O)Nc1cccc(-c2nnc3n2CCCCC3)c1. The molecule has 0 fully saturated rings. The van der Waals surface area contributed by atoms with Gasteiger partial charge in [0.25, 0.3) is 0 Å². The van der Waals surface area contributed by atoms with E-state index in [1.165, 1.54) is 6.42 Å². The smallest absolute Gasteiger partial charge is 0.326 e. The van der Waals surface area contributed by atoms with E-state index in [1.54, 1.807) is 13.8 Å². The van der Waals surface area contributed by atoms with Gasteiger partial charge in [-0.25, -0.2) is 0 Å². The quantitative estimate of drug-likeness (QED) is 0.738. The van der Waals surface area contributed by atoms with E-state index in [2.05, 4.69) is 29.2 Å². The summed E-state index contributed by atoms with van der Waals surface area (Å²) in [6, 6.07) is 7.61. The number of carbonyl (C=O) groups is 1. The first kappa shape index (κ1) is 21.2. The first-order valence-corrected chi connectivity index (χ1v) is 11.9. The molecule has 0 unspecified atom stereocenters. The first-order chi connectivity index (χ1) is 14.8. The predicted octanol–water partition coefficient (Wildman–Crippen LogP) is 2.97. The maximum absolute atomic E-state index is 12.5. The Morgan fingerprint density at radius 2 is 2.03 bits per heavy atom. The Kier molecular flexibility index (Phi) is 5.90. The van der Waals surface area contributed by atoms with Gasteiger partial charge in [0.2, 0.25) is 5.91 Å². The number of aryl methyl sites for hydroxylation is 1. The van der Waals surface area contributed by atoms with Gasteiger partial charge in [0, 0.05) is 36.3 Å². The van der Waals surface area contributed by atoms with Gasteiger partial charge in [-0.15, -0.1) is 14.6 Å². The molecular weight excluding hydrogens is 416 g/mol. The number of nitrogens with zero attached hydrogens (tertiary/aromatic N) is 4. The Labute approximate surface area is 181 Å². The highest BCUT2D eigenvalue weighted by atomic mass is 32.2. The lowest BCUT2D eigenvalue weighted by Gasteiger charge is -2.17. The molecule has 0 spiro atoms. The zero-order valence-electron chi connectivity index (χ0n) is 17.7. The molecule has 164 valence electrons. The molecule has 1 aromatic heterocycles. The minimum absolute atomic E-state index is 0.154. The Hall–Kier alpha value is -3.01. The van der Waals surface area contributed by atoms with E-state index in [9.17, 15) is 13.2 Å². The molecule has 10 heteroatoms. The summed E-state index contributed by atoms with van der Waals surface area (Å²) in [6.07, 6.45) is 5.00. The average Bonchev–Trinajstić information content (AvgIpc) is 2.95. The number of hydrogen-bond acceptors (Lipinski definition) is 5. The van der Waals surface area contributed by atoms with E-state index in [4.69, 9.17) is 0 Å². The van der Waals surface area contributed by atoms with Crippen LogP contribution < -0.4 is 10.0 Å². The summed E-state index contributed by atoms with van der Waals surface area (Å²) in [5.41, 5.74) is 3.27. The molecule has 2 aliphatic rings. The molecule has 0 saturated heterocycles. The molecule has 0 aliphatic carbocycles. The fraction of sp³-hybridized carbons (Fsp3) is 0.429. The number of benzene rings is 1. The molecular formula is C21H26N6O3S. The summed E-state index contributed by atoms with van der Waals surface area (Å²) in [5.74, 6) is 1.69. The topological polar surface area (TPSA) is 118 Å². The standard InChI is InChI=1S/C21H26N6O3S/c1-14-18(15(2)26-31(29,30)25-14)10-11-20(28)22-17-8-6-7-16(13-17)21-24-23-19-9-4-3-5-12-27(19)21/h6-8,13,25H,3-5,9-12H2,1-2H3,(H,22,28). The summed E-state index contributed by atoms with van der Waals surface area (Å²) >= 11 is 0. The van der Waals surface area contributed by atoms with Crippen LogP contribution in [-0.2, 0) is 28.0 Å². The lowest BCUT2D eigenvalue weighted by Crippen LogP contribution is -2.28. The van der Waals surface area contributed by atoms with Gasteiger partial charge >= 0.3 is 10.2 Å². The predicted molar refractivity (Wildman–Crippen MR) is 119 cm³/mol. The third-order valence-corrected chi connectivity index (χ3v) is 6.62. The normalized spacial score (nSPS) is 17.9. The second kappa shape index (κ2) is 8.62. The van der Waals surface area contributed by atoms with Crippen molar-refractivity contribution >= 4 is 27.5 Å². The number of anilines is 1. The average molecular weight is 443 g/mol. The maximum Gasteiger partial charge on any atom is 0.342 e. The zero-order chi connectivity index (χ0) is 22.0. The number of rotatable bonds is 5. The van der Waals surface area contributed by atoms with Crippen LogP contribution in [0.5, 0.6) is 0 Å². The molecule has 0 radical (unpaired) electrons. The highest BCUT2D eigenvalue weighted by molar-refractivity contribution is 7.88. The van der Waals surface area contributed by atoms with Crippen molar-refractivity contribution in [1.82, 2.24) is 19.5 Å². The summed E-state index contributed by atoms with van der Waals surface area (Å²) in [7, 11) is -3.67. The Balaban J connectivity index is 1.44.